The highest BCUT2D eigenvalue weighted by molar-refractivity contribution is 7.07. The highest BCUT2D eigenvalue weighted by atomic mass is 32.1. The van der Waals surface area contributed by atoms with Crippen LogP contribution in [0.2, 0.25) is 0 Å². The van der Waals surface area contributed by atoms with Gasteiger partial charge in [-0.3, -0.25) is 9.36 Å². The minimum atomic E-state index is -0.666. The molecule has 5 rings (SSSR count). The summed E-state index contributed by atoms with van der Waals surface area (Å²) < 4.78 is 23.0. The van der Waals surface area contributed by atoms with Crippen LogP contribution in [-0.2, 0) is 9.53 Å². The van der Waals surface area contributed by atoms with Gasteiger partial charge in [0, 0.05) is 36.9 Å². The second-order valence-corrected chi connectivity index (χ2v) is 10.9. The number of rotatable bonds is 6. The Morgan fingerprint density at radius 2 is 1.77 bits per heavy atom. The van der Waals surface area contributed by atoms with Crippen LogP contribution in [0.5, 0.6) is 0 Å². The van der Waals surface area contributed by atoms with Crippen molar-refractivity contribution in [2.75, 3.05) is 25.6 Å². The summed E-state index contributed by atoms with van der Waals surface area (Å²) >= 11 is 1.29. The SMILES string of the molecule is CCOC(=O)C1=C(C)N=c2s/c(=C/c3cc(C)n(-c4ccc(F)cc4)c3C)c(=O)n2C1c1ccc(N(C)C)cc1. The van der Waals surface area contributed by atoms with E-state index in [1.165, 1.54) is 23.5 Å². The van der Waals surface area contributed by atoms with E-state index in [2.05, 4.69) is 4.99 Å². The third-order valence-corrected chi connectivity index (χ3v) is 8.07. The maximum absolute atomic E-state index is 14.0. The molecule has 0 N–H and O–H groups in total. The van der Waals surface area contributed by atoms with Crippen molar-refractivity contribution in [2.45, 2.75) is 33.7 Å². The number of benzene rings is 2. The van der Waals surface area contributed by atoms with Crippen LogP contribution >= 0.6 is 11.3 Å². The molecule has 0 radical (unpaired) electrons. The lowest BCUT2D eigenvalue weighted by molar-refractivity contribution is -0.139. The monoisotopic (exact) mass is 558 g/mol. The number of ether oxygens (including phenoxy) is 1. The molecule has 0 bridgehead atoms. The molecular formula is C31H31FN4O3S. The number of hydrogen-bond donors (Lipinski definition) is 0. The summed E-state index contributed by atoms with van der Waals surface area (Å²) in [6.07, 6.45) is 1.86. The third-order valence-electron chi connectivity index (χ3n) is 7.08. The van der Waals surface area contributed by atoms with Crippen LogP contribution < -0.4 is 19.8 Å². The van der Waals surface area contributed by atoms with Crippen molar-refractivity contribution in [3.8, 4) is 5.69 Å². The molecule has 3 heterocycles. The van der Waals surface area contributed by atoms with Gasteiger partial charge in [-0.05, 0) is 87.4 Å². The van der Waals surface area contributed by atoms with Crippen molar-refractivity contribution in [2.24, 2.45) is 4.99 Å². The van der Waals surface area contributed by atoms with Crippen molar-refractivity contribution in [3.05, 3.63) is 114 Å². The van der Waals surface area contributed by atoms with Gasteiger partial charge in [0.2, 0.25) is 0 Å². The van der Waals surface area contributed by atoms with Crippen molar-refractivity contribution < 1.29 is 13.9 Å². The van der Waals surface area contributed by atoms with Crippen LogP contribution in [-0.4, -0.2) is 35.8 Å². The van der Waals surface area contributed by atoms with Crippen LogP contribution in [0.4, 0.5) is 10.1 Å². The van der Waals surface area contributed by atoms with Gasteiger partial charge >= 0.3 is 5.97 Å². The lowest BCUT2D eigenvalue weighted by atomic mass is 9.95. The summed E-state index contributed by atoms with van der Waals surface area (Å²) in [5.74, 6) is -0.779. The first-order valence-corrected chi connectivity index (χ1v) is 13.8. The fraction of sp³-hybridized carbons (Fsp3) is 0.258. The van der Waals surface area contributed by atoms with Crippen LogP contribution in [0, 0.1) is 19.7 Å². The van der Waals surface area contributed by atoms with Crippen LogP contribution in [0.1, 0.15) is 42.4 Å². The van der Waals surface area contributed by atoms with Gasteiger partial charge < -0.3 is 14.2 Å². The Hall–Kier alpha value is -4.24. The maximum Gasteiger partial charge on any atom is 0.338 e. The van der Waals surface area contributed by atoms with Crippen molar-refractivity contribution in [3.63, 3.8) is 0 Å². The molecule has 7 nitrogen and oxygen atoms in total. The molecule has 0 saturated heterocycles. The number of carbonyl (C=O) groups is 1. The van der Waals surface area contributed by atoms with E-state index in [1.54, 1.807) is 30.5 Å². The van der Waals surface area contributed by atoms with E-state index < -0.39 is 12.0 Å². The van der Waals surface area contributed by atoms with Gasteiger partial charge in [-0.25, -0.2) is 14.2 Å². The molecule has 40 heavy (non-hydrogen) atoms. The number of esters is 1. The first-order valence-electron chi connectivity index (χ1n) is 13.0. The van der Waals surface area contributed by atoms with Crippen LogP contribution in [0.3, 0.4) is 0 Å². The van der Waals surface area contributed by atoms with Gasteiger partial charge in [-0.15, -0.1) is 0 Å². The second-order valence-electron chi connectivity index (χ2n) is 9.93. The average Bonchev–Trinajstić information content (AvgIpc) is 3.38. The summed E-state index contributed by atoms with van der Waals surface area (Å²) in [5.41, 5.74) is 6.06. The number of thiazole rings is 1. The van der Waals surface area contributed by atoms with Gasteiger partial charge in [0.05, 0.1) is 28.5 Å². The molecular weight excluding hydrogens is 527 g/mol. The first-order chi connectivity index (χ1) is 19.1. The quantitative estimate of drug-likeness (QED) is 0.329. The summed E-state index contributed by atoms with van der Waals surface area (Å²) in [6, 6.07) is 15.5. The van der Waals surface area contributed by atoms with E-state index in [9.17, 15) is 14.0 Å². The smallest absolute Gasteiger partial charge is 0.338 e. The van der Waals surface area contributed by atoms with E-state index in [1.807, 2.05) is 73.8 Å². The Morgan fingerprint density at radius 1 is 1.10 bits per heavy atom. The van der Waals surface area contributed by atoms with E-state index in [4.69, 9.17) is 4.74 Å². The molecule has 0 spiro atoms. The molecule has 2 aromatic heterocycles. The Bertz CT molecular complexity index is 1810. The number of carbonyl (C=O) groups excluding carboxylic acids is 1. The normalized spacial score (nSPS) is 15.2. The molecule has 1 aliphatic rings. The Morgan fingerprint density at radius 3 is 2.40 bits per heavy atom. The number of allylic oxidation sites excluding steroid dienone is 1. The number of hydrogen-bond acceptors (Lipinski definition) is 6. The topological polar surface area (TPSA) is 68.8 Å². The zero-order valence-electron chi connectivity index (χ0n) is 23.4. The second kappa shape index (κ2) is 10.7. The molecule has 0 amide bonds. The van der Waals surface area contributed by atoms with Crippen molar-refractivity contribution in [1.82, 2.24) is 9.13 Å². The first kappa shape index (κ1) is 27.3. The largest absolute Gasteiger partial charge is 0.463 e. The number of nitrogens with zero attached hydrogens (tertiary/aromatic N) is 4. The highest BCUT2D eigenvalue weighted by Crippen LogP contribution is 2.31. The summed E-state index contributed by atoms with van der Waals surface area (Å²) in [6.45, 7) is 7.70. The fourth-order valence-corrected chi connectivity index (χ4v) is 6.16. The van der Waals surface area contributed by atoms with E-state index >= 15 is 0 Å². The van der Waals surface area contributed by atoms with E-state index in [0.717, 1.165) is 33.9 Å². The fourth-order valence-electron chi connectivity index (χ4n) is 5.12. The Balaban J connectivity index is 1.67. The number of aromatic nitrogens is 2. The molecule has 1 aliphatic heterocycles. The number of aryl methyl sites for hydroxylation is 1. The zero-order valence-corrected chi connectivity index (χ0v) is 24.2. The maximum atomic E-state index is 14.0. The molecule has 2 aromatic carbocycles. The molecule has 1 unspecified atom stereocenters. The summed E-state index contributed by atoms with van der Waals surface area (Å²) in [5, 5.41) is 0. The van der Waals surface area contributed by atoms with Gasteiger partial charge in [0.1, 0.15) is 5.82 Å². The molecule has 206 valence electrons. The summed E-state index contributed by atoms with van der Waals surface area (Å²) in [7, 11) is 3.92. The van der Waals surface area contributed by atoms with Gasteiger partial charge in [-0.1, -0.05) is 23.5 Å². The highest BCUT2D eigenvalue weighted by Gasteiger charge is 2.33. The number of fused-ring (bicyclic) bond motifs is 1. The number of anilines is 1. The van der Waals surface area contributed by atoms with E-state index in [-0.39, 0.29) is 18.0 Å². The Kier molecular flexibility index (Phi) is 7.33. The standard InChI is InChI=1S/C31H31FN4O3S/c1-7-39-30(38)27-19(3)33-31-36(28(27)21-8-12-24(13-9-21)34(5)6)29(37)26(40-31)17-22-16-18(2)35(20(22)4)25-14-10-23(32)11-15-25/h8-17,28H,7H2,1-6H3/b26-17+. The minimum absolute atomic E-state index is 0.218. The molecule has 0 saturated carbocycles. The molecule has 0 aliphatic carbocycles. The van der Waals surface area contributed by atoms with Gasteiger partial charge in [-0.2, -0.15) is 0 Å². The van der Waals surface area contributed by atoms with Gasteiger partial charge in [0.25, 0.3) is 5.56 Å². The van der Waals surface area contributed by atoms with Crippen molar-refractivity contribution >= 4 is 29.1 Å². The molecule has 0 fully saturated rings. The minimum Gasteiger partial charge on any atom is -0.463 e. The zero-order chi connectivity index (χ0) is 28.7. The van der Waals surface area contributed by atoms with Crippen LogP contribution in [0.25, 0.3) is 11.8 Å². The lowest BCUT2D eigenvalue weighted by Crippen LogP contribution is -2.40. The average molecular weight is 559 g/mol. The molecule has 4 aromatic rings. The Labute approximate surface area is 235 Å². The summed E-state index contributed by atoms with van der Waals surface area (Å²) in [4.78, 5) is 34.3. The van der Waals surface area contributed by atoms with Gasteiger partial charge in [0.15, 0.2) is 4.80 Å². The predicted octanol–water partition coefficient (Wildman–Crippen LogP) is 4.41. The molecule has 9 heteroatoms. The van der Waals surface area contributed by atoms with Crippen molar-refractivity contribution in [1.29, 1.82) is 0 Å². The number of halogens is 1. The lowest BCUT2D eigenvalue weighted by Gasteiger charge is -2.25. The predicted molar refractivity (Wildman–Crippen MR) is 156 cm³/mol. The van der Waals surface area contributed by atoms with E-state index in [0.29, 0.717) is 20.6 Å². The third kappa shape index (κ3) is 4.81. The van der Waals surface area contributed by atoms with Crippen LogP contribution in [0.15, 0.2) is 75.7 Å². The molecule has 1 atom stereocenters.